The summed E-state index contributed by atoms with van der Waals surface area (Å²) in [6, 6.07) is 15.2. The Bertz CT molecular complexity index is 679. The van der Waals surface area contributed by atoms with Crippen LogP contribution in [0.4, 0.5) is 0 Å². The van der Waals surface area contributed by atoms with E-state index in [1.165, 1.54) is 35.1 Å². The highest BCUT2D eigenvalue weighted by Crippen LogP contribution is 2.52. The van der Waals surface area contributed by atoms with Crippen molar-refractivity contribution in [1.82, 2.24) is 5.32 Å². The van der Waals surface area contributed by atoms with E-state index in [4.69, 9.17) is 0 Å². The van der Waals surface area contributed by atoms with Crippen LogP contribution in [0.5, 0.6) is 5.75 Å². The monoisotopic (exact) mass is 279 g/mol. The Morgan fingerprint density at radius 2 is 2.00 bits per heavy atom. The molecular weight excluding hydrogens is 258 g/mol. The summed E-state index contributed by atoms with van der Waals surface area (Å²) in [5, 5.41) is 13.6. The van der Waals surface area contributed by atoms with Crippen LogP contribution >= 0.6 is 0 Å². The lowest BCUT2D eigenvalue weighted by Crippen LogP contribution is -2.32. The molecule has 21 heavy (non-hydrogen) atoms. The van der Waals surface area contributed by atoms with Crippen molar-refractivity contribution in [3.05, 3.63) is 64.7 Å². The second-order valence-electron chi connectivity index (χ2n) is 6.44. The molecule has 2 N–H and O–H groups in total. The van der Waals surface area contributed by atoms with E-state index >= 15 is 0 Å². The average molecular weight is 279 g/mol. The Balaban J connectivity index is 1.87. The van der Waals surface area contributed by atoms with E-state index in [1.54, 1.807) is 0 Å². The zero-order valence-electron chi connectivity index (χ0n) is 12.3. The van der Waals surface area contributed by atoms with Crippen LogP contribution in [0.25, 0.3) is 0 Å². The third-order valence-corrected chi connectivity index (χ3v) is 5.08. The topological polar surface area (TPSA) is 32.3 Å². The van der Waals surface area contributed by atoms with E-state index in [9.17, 15) is 5.11 Å². The lowest BCUT2D eigenvalue weighted by atomic mass is 9.80. The van der Waals surface area contributed by atoms with Crippen LogP contribution in [-0.4, -0.2) is 11.7 Å². The summed E-state index contributed by atoms with van der Waals surface area (Å²) in [4.78, 5) is 0. The van der Waals surface area contributed by atoms with Crippen LogP contribution < -0.4 is 5.32 Å². The molecule has 2 heteroatoms. The number of aromatic hydroxyl groups is 1. The third-order valence-electron chi connectivity index (χ3n) is 5.08. The molecule has 0 aromatic heterocycles. The molecule has 1 heterocycles. The Hall–Kier alpha value is -1.80. The first-order valence-corrected chi connectivity index (χ1v) is 7.87. The standard InChI is InChI=1S/C19H21NO/c1-12-4-2-5-13(10-12)18-16-6-3-9-20-19(16)15-8-7-14(21)11-17(15)18/h2,4-5,7-8,10-11,16,18-21H,3,6,9H2,1H3. The van der Waals surface area contributed by atoms with Crippen molar-refractivity contribution in [2.75, 3.05) is 6.54 Å². The van der Waals surface area contributed by atoms with Gasteiger partial charge in [-0.2, -0.15) is 0 Å². The number of nitrogens with one attached hydrogen (secondary N) is 1. The van der Waals surface area contributed by atoms with E-state index < -0.39 is 0 Å². The second kappa shape index (κ2) is 4.88. The third kappa shape index (κ3) is 2.06. The summed E-state index contributed by atoms with van der Waals surface area (Å²) >= 11 is 0. The van der Waals surface area contributed by atoms with Crippen LogP contribution in [0.2, 0.25) is 0 Å². The van der Waals surface area contributed by atoms with Gasteiger partial charge in [0.1, 0.15) is 5.75 Å². The molecule has 2 aromatic rings. The van der Waals surface area contributed by atoms with E-state index in [0.717, 1.165) is 6.54 Å². The summed E-state index contributed by atoms with van der Waals surface area (Å²) in [5.74, 6) is 1.40. The average Bonchev–Trinajstić information content (AvgIpc) is 2.80. The normalized spacial score (nSPS) is 27.2. The quantitative estimate of drug-likeness (QED) is 0.830. The maximum Gasteiger partial charge on any atom is 0.115 e. The van der Waals surface area contributed by atoms with Gasteiger partial charge in [0, 0.05) is 12.0 Å². The number of piperidine rings is 1. The number of aryl methyl sites for hydroxylation is 1. The Morgan fingerprint density at radius 3 is 2.86 bits per heavy atom. The highest BCUT2D eigenvalue weighted by atomic mass is 16.3. The zero-order valence-corrected chi connectivity index (χ0v) is 12.3. The van der Waals surface area contributed by atoms with Crippen molar-refractivity contribution in [2.45, 2.75) is 31.7 Å². The largest absolute Gasteiger partial charge is 0.508 e. The van der Waals surface area contributed by atoms with Gasteiger partial charge < -0.3 is 10.4 Å². The molecule has 1 aliphatic heterocycles. The number of rotatable bonds is 1. The number of benzene rings is 2. The van der Waals surface area contributed by atoms with Crippen LogP contribution in [-0.2, 0) is 0 Å². The minimum atomic E-state index is 0.380. The van der Waals surface area contributed by atoms with Gasteiger partial charge in [0.05, 0.1) is 0 Å². The summed E-state index contributed by atoms with van der Waals surface area (Å²) in [6.45, 7) is 3.25. The predicted octanol–water partition coefficient (Wildman–Crippen LogP) is 3.89. The SMILES string of the molecule is Cc1cccc(C2c3cc(O)ccc3C3NCCCC32)c1. The Labute approximate surface area is 125 Å². The molecule has 2 aromatic carbocycles. The van der Waals surface area contributed by atoms with Crippen LogP contribution in [0.1, 0.15) is 47.1 Å². The van der Waals surface area contributed by atoms with Gasteiger partial charge >= 0.3 is 0 Å². The van der Waals surface area contributed by atoms with E-state index in [0.29, 0.717) is 23.6 Å². The summed E-state index contributed by atoms with van der Waals surface area (Å²) < 4.78 is 0. The number of hydrogen-bond donors (Lipinski definition) is 2. The molecule has 2 aliphatic rings. The first-order valence-electron chi connectivity index (χ1n) is 7.87. The second-order valence-corrected chi connectivity index (χ2v) is 6.44. The predicted molar refractivity (Wildman–Crippen MR) is 84.6 cm³/mol. The van der Waals surface area contributed by atoms with E-state index in [1.807, 2.05) is 12.1 Å². The first kappa shape index (κ1) is 12.9. The fourth-order valence-corrected chi connectivity index (χ4v) is 4.25. The lowest BCUT2D eigenvalue weighted by Gasteiger charge is -2.31. The van der Waals surface area contributed by atoms with Gasteiger partial charge in [-0.1, -0.05) is 35.9 Å². The molecule has 0 amide bonds. The van der Waals surface area contributed by atoms with Gasteiger partial charge in [0.2, 0.25) is 0 Å². The fraction of sp³-hybridized carbons (Fsp3) is 0.368. The number of phenolic OH excluding ortho intramolecular Hbond substituents is 1. The fourth-order valence-electron chi connectivity index (χ4n) is 4.25. The Morgan fingerprint density at radius 1 is 1.10 bits per heavy atom. The summed E-state index contributed by atoms with van der Waals surface area (Å²) in [5.41, 5.74) is 5.38. The molecule has 1 saturated heterocycles. The number of hydrogen-bond acceptors (Lipinski definition) is 2. The van der Waals surface area contributed by atoms with Gasteiger partial charge in [-0.25, -0.2) is 0 Å². The van der Waals surface area contributed by atoms with E-state index in [-0.39, 0.29) is 0 Å². The zero-order chi connectivity index (χ0) is 14.4. The molecular formula is C19H21NO. The maximum absolute atomic E-state index is 9.93. The van der Waals surface area contributed by atoms with Crippen LogP contribution in [0.15, 0.2) is 42.5 Å². The van der Waals surface area contributed by atoms with Crippen LogP contribution in [0.3, 0.4) is 0 Å². The molecule has 0 spiro atoms. The number of fused-ring (bicyclic) bond motifs is 3. The molecule has 1 aliphatic carbocycles. The highest BCUT2D eigenvalue weighted by Gasteiger charge is 2.42. The molecule has 1 fully saturated rings. The smallest absolute Gasteiger partial charge is 0.115 e. The minimum Gasteiger partial charge on any atom is -0.508 e. The van der Waals surface area contributed by atoms with Gasteiger partial charge in [-0.15, -0.1) is 0 Å². The van der Waals surface area contributed by atoms with Crippen molar-refractivity contribution in [2.24, 2.45) is 5.92 Å². The molecule has 4 rings (SSSR count). The Kier molecular flexibility index (Phi) is 3.00. The molecule has 3 atom stereocenters. The molecule has 0 saturated carbocycles. The highest BCUT2D eigenvalue weighted by molar-refractivity contribution is 5.49. The molecule has 0 radical (unpaired) electrons. The number of phenols is 1. The van der Waals surface area contributed by atoms with Gasteiger partial charge in [-0.3, -0.25) is 0 Å². The van der Waals surface area contributed by atoms with Crippen LogP contribution in [0, 0.1) is 12.8 Å². The molecule has 2 nitrogen and oxygen atoms in total. The van der Waals surface area contributed by atoms with Gasteiger partial charge in [0.25, 0.3) is 0 Å². The van der Waals surface area contributed by atoms with Crippen molar-refractivity contribution in [3.8, 4) is 5.75 Å². The lowest BCUT2D eigenvalue weighted by molar-refractivity contribution is 0.287. The first-order chi connectivity index (χ1) is 10.2. The van der Waals surface area contributed by atoms with Gasteiger partial charge in [-0.05, 0) is 61.1 Å². The van der Waals surface area contributed by atoms with Crippen molar-refractivity contribution in [3.63, 3.8) is 0 Å². The van der Waals surface area contributed by atoms with Crippen molar-refractivity contribution >= 4 is 0 Å². The molecule has 3 unspecified atom stereocenters. The minimum absolute atomic E-state index is 0.380. The van der Waals surface area contributed by atoms with Crippen molar-refractivity contribution in [1.29, 1.82) is 0 Å². The summed E-state index contributed by atoms with van der Waals surface area (Å²) in [7, 11) is 0. The van der Waals surface area contributed by atoms with Gasteiger partial charge in [0.15, 0.2) is 0 Å². The van der Waals surface area contributed by atoms with Crippen molar-refractivity contribution < 1.29 is 5.11 Å². The molecule has 108 valence electrons. The molecule has 0 bridgehead atoms. The van der Waals surface area contributed by atoms with E-state index in [2.05, 4.69) is 42.6 Å². The summed E-state index contributed by atoms with van der Waals surface area (Å²) in [6.07, 6.45) is 2.50. The maximum atomic E-state index is 9.93.